The first-order valence-electron chi connectivity index (χ1n) is 10.6. The molecule has 0 aliphatic carbocycles. The fourth-order valence-corrected chi connectivity index (χ4v) is 3.91. The lowest BCUT2D eigenvalue weighted by Crippen LogP contribution is -2.47. The maximum atomic E-state index is 15.1. The van der Waals surface area contributed by atoms with Crippen LogP contribution < -0.4 is 20.1 Å². The molecule has 0 unspecified atom stereocenters. The third-order valence-electron chi connectivity index (χ3n) is 5.67. The van der Waals surface area contributed by atoms with E-state index in [0.717, 1.165) is 11.1 Å². The van der Waals surface area contributed by atoms with Crippen LogP contribution in [0.4, 0.5) is 10.2 Å². The number of carbonyl (C=O) groups is 1. The Balaban J connectivity index is 1.52. The molecule has 3 aromatic rings. The number of rotatable bonds is 7. The van der Waals surface area contributed by atoms with Crippen molar-refractivity contribution in [1.29, 1.82) is 0 Å². The molecule has 9 nitrogen and oxygen atoms in total. The number of amides is 1. The van der Waals surface area contributed by atoms with Crippen LogP contribution >= 0.6 is 0 Å². The second-order valence-corrected chi connectivity index (χ2v) is 7.82. The van der Waals surface area contributed by atoms with Gasteiger partial charge in [0, 0.05) is 37.8 Å². The van der Waals surface area contributed by atoms with E-state index >= 15 is 4.39 Å². The highest BCUT2D eigenvalue weighted by Gasteiger charge is 2.33. The van der Waals surface area contributed by atoms with Crippen molar-refractivity contribution < 1.29 is 18.7 Å². The average molecular weight is 452 g/mol. The van der Waals surface area contributed by atoms with Crippen LogP contribution in [0.2, 0.25) is 0 Å². The van der Waals surface area contributed by atoms with Crippen molar-refractivity contribution >= 4 is 11.7 Å². The Morgan fingerprint density at radius 1 is 1.24 bits per heavy atom. The van der Waals surface area contributed by atoms with Gasteiger partial charge in [0.1, 0.15) is 11.9 Å². The summed E-state index contributed by atoms with van der Waals surface area (Å²) in [6, 6.07) is 7.09. The summed E-state index contributed by atoms with van der Waals surface area (Å²) in [4.78, 5) is 21.9. The monoisotopic (exact) mass is 452 g/mol. The van der Waals surface area contributed by atoms with E-state index in [-0.39, 0.29) is 12.2 Å². The van der Waals surface area contributed by atoms with Crippen LogP contribution in [-0.4, -0.2) is 58.5 Å². The van der Waals surface area contributed by atoms with Gasteiger partial charge in [-0.2, -0.15) is 0 Å². The lowest BCUT2D eigenvalue weighted by molar-refractivity contribution is 0.0814. The molecule has 0 spiro atoms. The van der Waals surface area contributed by atoms with Crippen LogP contribution in [-0.2, 0) is 6.42 Å². The predicted molar refractivity (Wildman–Crippen MR) is 119 cm³/mol. The highest BCUT2D eigenvalue weighted by Crippen LogP contribution is 2.29. The molecule has 10 heteroatoms. The number of primary amides is 1. The van der Waals surface area contributed by atoms with E-state index in [4.69, 9.17) is 15.2 Å². The molecule has 2 N–H and O–H groups in total. The number of nitrogens with two attached hydrogens (primary N) is 1. The minimum absolute atomic E-state index is 0.0917. The molecular weight excluding hydrogens is 427 g/mol. The number of alkyl halides is 1. The number of aromatic nitrogens is 4. The minimum atomic E-state index is -1.25. The number of nitrogens with zero attached hydrogens (tertiary/aromatic N) is 5. The third-order valence-corrected chi connectivity index (χ3v) is 5.67. The van der Waals surface area contributed by atoms with Gasteiger partial charge in [-0.1, -0.05) is 0 Å². The summed E-state index contributed by atoms with van der Waals surface area (Å²) in [5.41, 5.74) is 8.05. The summed E-state index contributed by atoms with van der Waals surface area (Å²) in [5, 5.41) is 8.30. The minimum Gasteiger partial charge on any atom is -0.486 e. The summed E-state index contributed by atoms with van der Waals surface area (Å²) < 4.78 is 25.9. The van der Waals surface area contributed by atoms with Crippen molar-refractivity contribution in [2.24, 2.45) is 5.73 Å². The lowest BCUT2D eigenvalue weighted by Gasteiger charge is -2.36. The highest BCUT2D eigenvalue weighted by molar-refractivity contribution is 5.93. The Kier molecular flexibility index (Phi) is 6.62. The van der Waals surface area contributed by atoms with Gasteiger partial charge in [-0.15, -0.1) is 10.2 Å². The van der Waals surface area contributed by atoms with Gasteiger partial charge < -0.3 is 20.1 Å². The fourth-order valence-electron chi connectivity index (χ4n) is 3.91. The molecule has 4 rings (SSSR count). The van der Waals surface area contributed by atoms with E-state index in [1.54, 1.807) is 24.5 Å². The first kappa shape index (κ1) is 22.4. The molecule has 1 fully saturated rings. The van der Waals surface area contributed by atoms with Gasteiger partial charge >= 0.3 is 0 Å². The van der Waals surface area contributed by atoms with Crippen molar-refractivity contribution in [1.82, 2.24) is 20.2 Å². The Hall–Kier alpha value is -3.82. The topological polar surface area (TPSA) is 116 Å². The SMILES string of the molecule is COc1ccc(O[C@@H]2CCN(c3nnc(C(N)=O)c(Cc4ccncc4)c3C)C[C@@H]2F)cn1. The van der Waals surface area contributed by atoms with Crippen molar-refractivity contribution in [3.8, 4) is 11.6 Å². The van der Waals surface area contributed by atoms with Gasteiger partial charge in [0.25, 0.3) is 5.91 Å². The van der Waals surface area contributed by atoms with Crippen LogP contribution in [0.3, 0.4) is 0 Å². The van der Waals surface area contributed by atoms with Crippen molar-refractivity contribution in [2.75, 3.05) is 25.1 Å². The van der Waals surface area contributed by atoms with Gasteiger partial charge in [-0.3, -0.25) is 9.78 Å². The summed E-state index contributed by atoms with van der Waals surface area (Å²) in [7, 11) is 1.53. The van der Waals surface area contributed by atoms with Crippen molar-refractivity contribution in [3.63, 3.8) is 0 Å². The number of hydrogen-bond acceptors (Lipinski definition) is 8. The van der Waals surface area contributed by atoms with E-state index in [1.165, 1.54) is 13.3 Å². The first-order chi connectivity index (χ1) is 16.0. The molecule has 0 radical (unpaired) electrons. The van der Waals surface area contributed by atoms with Gasteiger partial charge in [-0.05, 0) is 41.8 Å². The summed E-state index contributed by atoms with van der Waals surface area (Å²) in [6.07, 6.45) is 3.92. The molecule has 1 amide bonds. The second-order valence-electron chi connectivity index (χ2n) is 7.82. The fraction of sp³-hybridized carbons (Fsp3) is 0.348. The second kappa shape index (κ2) is 9.76. The molecule has 2 atom stereocenters. The van der Waals surface area contributed by atoms with Crippen LogP contribution in [0.5, 0.6) is 11.6 Å². The predicted octanol–water partition coefficient (Wildman–Crippen LogP) is 2.27. The van der Waals surface area contributed by atoms with Gasteiger partial charge in [0.05, 0.1) is 19.9 Å². The molecule has 0 bridgehead atoms. The molecule has 0 saturated carbocycles. The molecule has 172 valence electrons. The molecule has 1 aliphatic heterocycles. The smallest absolute Gasteiger partial charge is 0.269 e. The van der Waals surface area contributed by atoms with E-state index < -0.39 is 18.2 Å². The number of hydrogen-bond donors (Lipinski definition) is 1. The Labute approximate surface area is 190 Å². The quantitative estimate of drug-likeness (QED) is 0.580. The molecule has 3 aromatic heterocycles. The number of pyridine rings is 2. The zero-order chi connectivity index (χ0) is 23.4. The highest BCUT2D eigenvalue weighted by atomic mass is 19.1. The van der Waals surface area contributed by atoms with E-state index in [0.29, 0.717) is 42.4 Å². The van der Waals surface area contributed by atoms with Gasteiger partial charge in [0.2, 0.25) is 5.88 Å². The molecule has 1 saturated heterocycles. The van der Waals surface area contributed by atoms with E-state index in [2.05, 4.69) is 20.2 Å². The van der Waals surface area contributed by atoms with Crippen LogP contribution in [0.15, 0.2) is 42.9 Å². The van der Waals surface area contributed by atoms with Gasteiger partial charge in [-0.25, -0.2) is 9.37 Å². The first-order valence-corrected chi connectivity index (χ1v) is 10.6. The van der Waals surface area contributed by atoms with Crippen LogP contribution in [0.25, 0.3) is 0 Å². The Morgan fingerprint density at radius 3 is 2.67 bits per heavy atom. The summed E-state index contributed by atoms with van der Waals surface area (Å²) in [5.74, 6) is 0.837. The van der Waals surface area contributed by atoms with E-state index in [9.17, 15) is 4.79 Å². The maximum absolute atomic E-state index is 15.1. The number of carbonyl (C=O) groups excluding carboxylic acids is 1. The summed E-state index contributed by atoms with van der Waals surface area (Å²) in [6.45, 7) is 2.47. The standard InChI is InChI=1S/C23H25FN6O3/c1-14-17(11-15-5-8-26-9-6-15)21(22(25)31)28-29-23(14)30-10-7-19(18(24)13-30)33-16-3-4-20(32-2)27-12-16/h3-6,8-9,12,18-19H,7,10-11,13H2,1-2H3,(H2,25,31)/t18-,19+/m0/s1. The number of piperidine rings is 1. The van der Waals surface area contributed by atoms with Gasteiger partial charge in [0.15, 0.2) is 17.7 Å². The number of methoxy groups -OCH3 is 1. The summed E-state index contributed by atoms with van der Waals surface area (Å²) >= 11 is 0. The van der Waals surface area contributed by atoms with Crippen LogP contribution in [0, 0.1) is 6.92 Å². The molecule has 1 aliphatic rings. The van der Waals surface area contributed by atoms with Crippen LogP contribution in [0.1, 0.15) is 33.6 Å². The lowest BCUT2D eigenvalue weighted by atomic mass is 9.98. The third kappa shape index (κ3) is 5.00. The Bertz CT molecular complexity index is 1110. The largest absolute Gasteiger partial charge is 0.486 e. The normalized spacial score (nSPS) is 18.1. The van der Waals surface area contributed by atoms with E-state index in [1.807, 2.05) is 24.0 Å². The Morgan fingerprint density at radius 2 is 2.03 bits per heavy atom. The molecule has 33 heavy (non-hydrogen) atoms. The molecule has 4 heterocycles. The van der Waals surface area contributed by atoms with Crippen molar-refractivity contribution in [3.05, 3.63) is 65.2 Å². The maximum Gasteiger partial charge on any atom is 0.269 e. The number of halogens is 1. The van der Waals surface area contributed by atoms with Crippen molar-refractivity contribution in [2.45, 2.75) is 32.0 Å². The average Bonchev–Trinajstić information content (AvgIpc) is 2.82. The molecule has 0 aromatic carbocycles. The number of ether oxygens (including phenoxy) is 2. The number of anilines is 1. The zero-order valence-corrected chi connectivity index (χ0v) is 18.4. The zero-order valence-electron chi connectivity index (χ0n) is 18.4. The molecular formula is C23H25FN6O3.